The van der Waals surface area contributed by atoms with Gasteiger partial charge >= 0.3 is 20.4 Å². The van der Waals surface area contributed by atoms with Crippen molar-refractivity contribution in [1.29, 1.82) is 0 Å². The standard InChI is InChI=1S/C47H29N3OS.Pd/c1-3-15-33(16-4-1)47(34-17-5-2-6-18-34)39-20-7-8-22-42(39)52-43-27-26-38-37-25-24-36(51-35-19-13-14-32(30-35)40-21-9-11-28-48-40)31-41(37)50(46(38)45(43)47)44-23-10-12-29-49-44;/h1-29H;/q-2;+2. The number of ether oxygens (including phenoxy) is 1. The first-order valence-corrected chi connectivity index (χ1v) is 18.1. The van der Waals surface area contributed by atoms with Gasteiger partial charge in [0.25, 0.3) is 0 Å². The van der Waals surface area contributed by atoms with Crippen molar-refractivity contribution in [3.8, 4) is 28.6 Å². The summed E-state index contributed by atoms with van der Waals surface area (Å²) in [5.41, 5.74) is 7.95. The van der Waals surface area contributed by atoms with Gasteiger partial charge in [0.05, 0.1) is 5.41 Å². The van der Waals surface area contributed by atoms with Crippen LogP contribution in [0, 0.1) is 12.1 Å². The molecule has 6 heteroatoms. The molecule has 0 N–H and O–H groups in total. The first kappa shape index (κ1) is 33.1. The van der Waals surface area contributed by atoms with E-state index in [2.05, 4.69) is 131 Å². The zero-order valence-corrected chi connectivity index (χ0v) is 30.6. The van der Waals surface area contributed by atoms with Gasteiger partial charge in [-0.1, -0.05) is 126 Å². The summed E-state index contributed by atoms with van der Waals surface area (Å²) in [5, 5.41) is 2.20. The van der Waals surface area contributed by atoms with Gasteiger partial charge in [-0.25, -0.2) is 4.98 Å². The van der Waals surface area contributed by atoms with E-state index in [1.54, 1.807) is 6.20 Å². The number of fused-ring (bicyclic) bond motifs is 6. The SMILES string of the molecule is [Pd+2].[c-]1c(Oc2[c-]c3c(cc2)c2ccc4c(c2n3-c2ccccn2)C(c2ccccc2)(c2ccccc2)c2ccccc2S4)cccc1-c1ccccn1. The number of aromatic nitrogens is 3. The average molecular weight is 790 g/mol. The Labute approximate surface area is 325 Å². The first-order chi connectivity index (χ1) is 25.8. The second-order valence-corrected chi connectivity index (χ2v) is 13.9. The van der Waals surface area contributed by atoms with E-state index in [0.717, 1.165) is 38.9 Å². The summed E-state index contributed by atoms with van der Waals surface area (Å²) >= 11 is 1.83. The molecule has 0 saturated carbocycles. The molecule has 0 fully saturated rings. The molecule has 0 unspecified atom stereocenters. The fourth-order valence-corrected chi connectivity index (χ4v) is 8.97. The Bertz CT molecular complexity index is 2700. The minimum absolute atomic E-state index is 0. The Morgan fingerprint density at radius 2 is 1.23 bits per heavy atom. The first-order valence-electron chi connectivity index (χ1n) is 17.2. The molecule has 3 aromatic heterocycles. The van der Waals surface area contributed by atoms with Gasteiger partial charge in [-0.05, 0) is 58.1 Å². The van der Waals surface area contributed by atoms with Crippen LogP contribution in [0.4, 0.5) is 0 Å². The molecular weight excluding hydrogens is 761 g/mol. The number of nitrogens with zero attached hydrogens (tertiary/aromatic N) is 3. The van der Waals surface area contributed by atoms with Crippen LogP contribution in [0.2, 0.25) is 0 Å². The molecule has 6 aromatic carbocycles. The van der Waals surface area contributed by atoms with Crippen molar-refractivity contribution in [3.63, 3.8) is 0 Å². The van der Waals surface area contributed by atoms with Crippen LogP contribution >= 0.6 is 11.8 Å². The van der Waals surface area contributed by atoms with Gasteiger partial charge < -0.3 is 14.3 Å². The molecule has 1 aliphatic rings. The predicted octanol–water partition coefficient (Wildman–Crippen LogP) is 11.5. The van der Waals surface area contributed by atoms with Crippen molar-refractivity contribution in [2.45, 2.75) is 15.2 Å². The number of hydrogen-bond acceptors (Lipinski definition) is 4. The topological polar surface area (TPSA) is 39.9 Å². The van der Waals surface area contributed by atoms with E-state index in [-0.39, 0.29) is 20.4 Å². The maximum Gasteiger partial charge on any atom is 2.00 e. The van der Waals surface area contributed by atoms with Crippen LogP contribution in [0.15, 0.2) is 186 Å². The fraction of sp³-hybridized carbons (Fsp3) is 0.0213. The van der Waals surface area contributed by atoms with Gasteiger partial charge in [0.2, 0.25) is 0 Å². The Morgan fingerprint density at radius 3 is 1.96 bits per heavy atom. The van der Waals surface area contributed by atoms with Gasteiger partial charge in [-0.15, -0.1) is 41.3 Å². The minimum Gasteiger partial charge on any atom is -0.503 e. The summed E-state index contributed by atoms with van der Waals surface area (Å²) in [6.45, 7) is 0. The molecule has 4 nitrogen and oxygen atoms in total. The van der Waals surface area contributed by atoms with Crippen LogP contribution < -0.4 is 4.74 Å². The molecule has 4 heterocycles. The number of hydrogen-bond donors (Lipinski definition) is 0. The van der Waals surface area contributed by atoms with Crippen LogP contribution in [0.5, 0.6) is 11.5 Å². The third-order valence-electron chi connectivity index (χ3n) is 9.88. The van der Waals surface area contributed by atoms with E-state index < -0.39 is 5.41 Å². The summed E-state index contributed by atoms with van der Waals surface area (Å²) in [5.74, 6) is 2.00. The van der Waals surface area contributed by atoms with Crippen molar-refractivity contribution >= 4 is 33.6 Å². The molecule has 0 saturated heterocycles. The third-order valence-corrected chi connectivity index (χ3v) is 11.0. The number of pyridine rings is 2. The molecule has 0 bridgehead atoms. The Hall–Kier alpha value is -5.77. The van der Waals surface area contributed by atoms with Crippen molar-refractivity contribution in [2.24, 2.45) is 0 Å². The molecule has 10 rings (SSSR count). The largest absolute Gasteiger partial charge is 2.00 e. The molecule has 0 aliphatic carbocycles. The normalized spacial score (nSPS) is 12.8. The van der Waals surface area contributed by atoms with Crippen LogP contribution in [0.25, 0.3) is 38.9 Å². The number of benzene rings is 6. The van der Waals surface area contributed by atoms with Gasteiger partial charge in [0.1, 0.15) is 5.82 Å². The predicted molar refractivity (Wildman–Crippen MR) is 208 cm³/mol. The van der Waals surface area contributed by atoms with E-state index in [9.17, 15) is 0 Å². The summed E-state index contributed by atoms with van der Waals surface area (Å²) in [4.78, 5) is 11.9. The maximum atomic E-state index is 6.50. The summed E-state index contributed by atoms with van der Waals surface area (Å²) in [7, 11) is 0. The van der Waals surface area contributed by atoms with E-state index in [4.69, 9.17) is 9.72 Å². The third kappa shape index (κ3) is 5.42. The molecule has 0 radical (unpaired) electrons. The van der Waals surface area contributed by atoms with Crippen molar-refractivity contribution < 1.29 is 25.2 Å². The molecule has 254 valence electrons. The molecule has 0 spiro atoms. The monoisotopic (exact) mass is 789 g/mol. The van der Waals surface area contributed by atoms with Crippen LogP contribution in [0.1, 0.15) is 22.3 Å². The molecular formula is C47H29N3OPdS. The maximum absolute atomic E-state index is 6.50. The Morgan fingerprint density at radius 1 is 0.547 bits per heavy atom. The van der Waals surface area contributed by atoms with Gasteiger partial charge in [0.15, 0.2) is 0 Å². The van der Waals surface area contributed by atoms with E-state index in [1.807, 2.05) is 72.6 Å². The molecule has 53 heavy (non-hydrogen) atoms. The average Bonchev–Trinajstić information content (AvgIpc) is 3.55. The summed E-state index contributed by atoms with van der Waals surface area (Å²) < 4.78 is 8.77. The fourth-order valence-electron chi connectivity index (χ4n) is 7.77. The number of rotatable bonds is 6. The summed E-state index contributed by atoms with van der Waals surface area (Å²) in [6.07, 6.45) is 3.64. The molecule has 1 aliphatic heterocycles. The van der Waals surface area contributed by atoms with Gasteiger partial charge in [0, 0.05) is 44.8 Å². The molecule has 0 atom stereocenters. The van der Waals surface area contributed by atoms with E-state index >= 15 is 0 Å². The molecule has 9 aromatic rings. The van der Waals surface area contributed by atoms with Crippen LogP contribution in [-0.2, 0) is 25.8 Å². The van der Waals surface area contributed by atoms with Crippen molar-refractivity contribution in [3.05, 3.63) is 211 Å². The smallest absolute Gasteiger partial charge is 0.503 e. The Kier molecular flexibility index (Phi) is 8.53. The quantitative estimate of drug-likeness (QED) is 0.124. The van der Waals surface area contributed by atoms with Crippen LogP contribution in [0.3, 0.4) is 0 Å². The van der Waals surface area contributed by atoms with Crippen molar-refractivity contribution in [1.82, 2.24) is 14.5 Å². The van der Waals surface area contributed by atoms with Crippen molar-refractivity contribution in [2.75, 3.05) is 0 Å². The van der Waals surface area contributed by atoms with E-state index in [1.165, 1.54) is 32.0 Å². The van der Waals surface area contributed by atoms with Gasteiger partial charge in [-0.2, -0.15) is 6.07 Å². The molecule has 0 amide bonds. The van der Waals surface area contributed by atoms with Crippen LogP contribution in [-0.4, -0.2) is 14.5 Å². The minimum atomic E-state index is -0.625. The Balaban J connectivity index is 0.00000372. The van der Waals surface area contributed by atoms with E-state index in [0.29, 0.717) is 11.5 Å². The zero-order valence-electron chi connectivity index (χ0n) is 28.2. The second kappa shape index (κ2) is 13.7. The second-order valence-electron chi connectivity index (χ2n) is 12.8. The van der Waals surface area contributed by atoms with Gasteiger partial charge in [-0.3, -0.25) is 0 Å². The summed E-state index contributed by atoms with van der Waals surface area (Å²) in [6, 6.07) is 64.3. The zero-order chi connectivity index (χ0) is 34.5.